The van der Waals surface area contributed by atoms with Gasteiger partial charge in [0.25, 0.3) is 0 Å². The number of unbranched alkanes of at least 4 members (excludes halogenated alkanes) is 3. The molecule has 6 nitrogen and oxygen atoms in total. The third kappa shape index (κ3) is 5.49. The topological polar surface area (TPSA) is 67.1 Å². The van der Waals surface area contributed by atoms with Gasteiger partial charge < -0.3 is 23.4 Å². The van der Waals surface area contributed by atoms with Crippen molar-refractivity contribution in [1.82, 2.24) is 0 Å². The molecule has 3 rings (SSSR count). The Morgan fingerprint density at radius 2 is 1.36 bits per heavy atom. The highest BCUT2D eigenvalue weighted by molar-refractivity contribution is 6.33. The Morgan fingerprint density at radius 1 is 0.788 bits per heavy atom. The number of halogens is 1. The highest BCUT2D eigenvalue weighted by atomic mass is 35.5. The van der Waals surface area contributed by atoms with Crippen LogP contribution in [0.2, 0.25) is 5.02 Å². The molecule has 180 valence electrons. The number of methoxy groups -OCH3 is 1. The molecule has 0 unspecified atom stereocenters. The minimum Gasteiger partial charge on any atom is -0.491 e. The predicted octanol–water partition coefficient (Wildman–Crippen LogP) is 7.14. The van der Waals surface area contributed by atoms with Crippen molar-refractivity contribution in [3.63, 3.8) is 0 Å². The lowest BCUT2D eigenvalue weighted by atomic mass is 10.1. The predicted molar refractivity (Wildman–Crippen MR) is 133 cm³/mol. The fourth-order valence-corrected chi connectivity index (χ4v) is 3.74. The minimum absolute atomic E-state index is 0.211. The maximum absolute atomic E-state index is 13.5. The molecule has 1 aromatic heterocycles. The molecule has 0 aliphatic carbocycles. The first-order valence-corrected chi connectivity index (χ1v) is 12.1. The Kier molecular flexibility index (Phi) is 9.12. The molecule has 1 heterocycles. The highest BCUT2D eigenvalue weighted by Crippen LogP contribution is 2.44. The number of hydrogen-bond acceptors (Lipinski definition) is 6. The monoisotopic (exact) mass is 476 g/mol. The summed E-state index contributed by atoms with van der Waals surface area (Å²) in [6.45, 7) is 7.76. The first-order valence-electron chi connectivity index (χ1n) is 11.8. The highest BCUT2D eigenvalue weighted by Gasteiger charge is 2.23. The molecular formula is C26H33ClO6. The Morgan fingerprint density at radius 3 is 1.97 bits per heavy atom. The van der Waals surface area contributed by atoms with Crippen molar-refractivity contribution in [2.45, 2.75) is 59.3 Å². The zero-order chi connectivity index (χ0) is 23.8. The summed E-state index contributed by atoms with van der Waals surface area (Å²) in [6, 6.07) is 5.05. The van der Waals surface area contributed by atoms with E-state index in [4.69, 9.17) is 35.0 Å². The fraction of sp³-hybridized carbons (Fsp3) is 0.500. The first-order chi connectivity index (χ1) is 16.1. The lowest BCUT2D eigenvalue weighted by Crippen LogP contribution is -2.08. The molecule has 7 heteroatoms. The van der Waals surface area contributed by atoms with Crippen molar-refractivity contribution in [3.05, 3.63) is 33.4 Å². The van der Waals surface area contributed by atoms with Gasteiger partial charge in [0.05, 0.1) is 42.7 Å². The van der Waals surface area contributed by atoms with Crippen molar-refractivity contribution >= 4 is 33.5 Å². The quantitative estimate of drug-likeness (QED) is 0.193. The first kappa shape index (κ1) is 25.0. The molecule has 0 N–H and O–H groups in total. The van der Waals surface area contributed by atoms with E-state index >= 15 is 0 Å². The molecule has 0 aliphatic heterocycles. The van der Waals surface area contributed by atoms with Crippen molar-refractivity contribution in [1.29, 1.82) is 0 Å². The van der Waals surface area contributed by atoms with Gasteiger partial charge in [-0.25, -0.2) is 0 Å². The Bertz CT molecular complexity index is 1140. The maximum atomic E-state index is 13.5. The van der Waals surface area contributed by atoms with E-state index < -0.39 is 0 Å². The molecule has 0 spiro atoms. The lowest BCUT2D eigenvalue weighted by Gasteiger charge is -2.17. The van der Waals surface area contributed by atoms with E-state index in [1.165, 1.54) is 7.11 Å². The van der Waals surface area contributed by atoms with Crippen LogP contribution in [0.15, 0.2) is 27.4 Å². The summed E-state index contributed by atoms with van der Waals surface area (Å²) in [5.74, 6) is 1.66. The molecule has 0 aliphatic rings. The molecule has 0 saturated heterocycles. The Labute approximate surface area is 199 Å². The van der Waals surface area contributed by atoms with E-state index in [0.29, 0.717) is 64.2 Å². The standard InChI is InChI=1S/C26H33ClO6/c1-5-8-13-30-20-12-11-17-21(28)18-16-19(27)24(29-4)26(32-15-10-7-3)23(18)33-22(17)25(20)31-14-9-6-2/h11-12,16H,5-10,13-15H2,1-4H3. The van der Waals surface area contributed by atoms with Crippen LogP contribution in [0, 0.1) is 0 Å². The average Bonchev–Trinajstić information content (AvgIpc) is 2.81. The molecule has 0 amide bonds. The zero-order valence-electron chi connectivity index (χ0n) is 19.9. The maximum Gasteiger partial charge on any atom is 0.206 e. The summed E-state index contributed by atoms with van der Waals surface area (Å²) < 4.78 is 29.9. The van der Waals surface area contributed by atoms with Crippen LogP contribution in [0.5, 0.6) is 23.0 Å². The van der Waals surface area contributed by atoms with E-state index in [2.05, 4.69) is 20.8 Å². The summed E-state index contributed by atoms with van der Waals surface area (Å²) >= 11 is 6.43. The van der Waals surface area contributed by atoms with Gasteiger partial charge in [-0.05, 0) is 37.5 Å². The summed E-state index contributed by atoms with van der Waals surface area (Å²) in [5, 5.41) is 1.03. The van der Waals surface area contributed by atoms with Gasteiger partial charge in [-0.15, -0.1) is 0 Å². The van der Waals surface area contributed by atoms with E-state index in [-0.39, 0.29) is 11.0 Å². The Balaban J connectivity index is 2.26. The fourth-order valence-electron chi connectivity index (χ4n) is 3.47. The van der Waals surface area contributed by atoms with Gasteiger partial charge in [0.15, 0.2) is 22.7 Å². The summed E-state index contributed by atoms with van der Waals surface area (Å²) in [4.78, 5) is 13.5. The molecule has 2 aromatic carbocycles. The largest absolute Gasteiger partial charge is 0.491 e. The molecular weight excluding hydrogens is 444 g/mol. The van der Waals surface area contributed by atoms with Crippen LogP contribution >= 0.6 is 11.6 Å². The van der Waals surface area contributed by atoms with Crippen LogP contribution in [0.4, 0.5) is 0 Å². The summed E-state index contributed by atoms with van der Waals surface area (Å²) in [7, 11) is 1.51. The van der Waals surface area contributed by atoms with Crippen LogP contribution in [0.25, 0.3) is 21.9 Å². The molecule has 0 bridgehead atoms. The summed E-state index contributed by atoms with van der Waals surface area (Å²) in [6.07, 6.45) is 5.58. The van der Waals surface area contributed by atoms with Gasteiger partial charge in [-0.1, -0.05) is 51.6 Å². The van der Waals surface area contributed by atoms with Crippen LogP contribution < -0.4 is 24.4 Å². The summed E-state index contributed by atoms with van der Waals surface area (Å²) in [5.41, 5.74) is 0.412. The molecule has 0 fully saturated rings. The number of ether oxygens (including phenoxy) is 4. The number of fused-ring (bicyclic) bond motifs is 2. The molecule has 0 atom stereocenters. The van der Waals surface area contributed by atoms with Gasteiger partial charge >= 0.3 is 0 Å². The molecule has 33 heavy (non-hydrogen) atoms. The zero-order valence-corrected chi connectivity index (χ0v) is 20.7. The van der Waals surface area contributed by atoms with Crippen LogP contribution in [0.1, 0.15) is 59.3 Å². The van der Waals surface area contributed by atoms with Crippen LogP contribution in [0.3, 0.4) is 0 Å². The number of benzene rings is 2. The van der Waals surface area contributed by atoms with E-state index in [9.17, 15) is 4.79 Å². The van der Waals surface area contributed by atoms with Crippen molar-refractivity contribution < 1.29 is 23.4 Å². The van der Waals surface area contributed by atoms with E-state index in [0.717, 1.165) is 38.5 Å². The number of rotatable bonds is 13. The lowest BCUT2D eigenvalue weighted by molar-refractivity contribution is 0.261. The van der Waals surface area contributed by atoms with Crippen molar-refractivity contribution in [2.24, 2.45) is 0 Å². The normalized spacial score (nSPS) is 11.2. The third-order valence-electron chi connectivity index (χ3n) is 5.36. The van der Waals surface area contributed by atoms with Crippen LogP contribution in [-0.2, 0) is 0 Å². The molecule has 0 radical (unpaired) electrons. The Hall–Kier alpha value is -2.60. The van der Waals surface area contributed by atoms with Gasteiger partial charge in [-0.3, -0.25) is 4.79 Å². The SMILES string of the molecule is CCCCOc1ccc2c(=O)c3cc(Cl)c(OC)c(OCCCC)c3oc2c1OCCCC. The van der Waals surface area contributed by atoms with Crippen molar-refractivity contribution in [3.8, 4) is 23.0 Å². The second-order valence-electron chi connectivity index (χ2n) is 7.90. The average molecular weight is 477 g/mol. The molecule has 0 saturated carbocycles. The van der Waals surface area contributed by atoms with Gasteiger partial charge in [0.2, 0.25) is 16.9 Å². The number of hydrogen-bond donors (Lipinski definition) is 0. The van der Waals surface area contributed by atoms with Gasteiger partial charge in [-0.2, -0.15) is 0 Å². The molecule has 3 aromatic rings. The van der Waals surface area contributed by atoms with E-state index in [1.807, 2.05) is 0 Å². The smallest absolute Gasteiger partial charge is 0.206 e. The van der Waals surface area contributed by atoms with Gasteiger partial charge in [0.1, 0.15) is 0 Å². The second kappa shape index (κ2) is 12.0. The van der Waals surface area contributed by atoms with Crippen LogP contribution in [-0.4, -0.2) is 26.9 Å². The minimum atomic E-state index is -0.211. The van der Waals surface area contributed by atoms with E-state index in [1.54, 1.807) is 18.2 Å². The second-order valence-corrected chi connectivity index (χ2v) is 8.31. The third-order valence-corrected chi connectivity index (χ3v) is 5.64. The van der Waals surface area contributed by atoms with Gasteiger partial charge in [0, 0.05) is 0 Å². The van der Waals surface area contributed by atoms with Crippen molar-refractivity contribution in [2.75, 3.05) is 26.9 Å².